The van der Waals surface area contributed by atoms with Gasteiger partial charge < -0.3 is 10.5 Å². The van der Waals surface area contributed by atoms with Crippen molar-refractivity contribution in [1.29, 1.82) is 5.26 Å². The van der Waals surface area contributed by atoms with Gasteiger partial charge in [-0.3, -0.25) is 4.79 Å². The molecule has 0 saturated heterocycles. The van der Waals surface area contributed by atoms with E-state index in [4.69, 9.17) is 15.7 Å². The lowest BCUT2D eigenvalue weighted by atomic mass is 10.2. The highest BCUT2D eigenvalue weighted by molar-refractivity contribution is 5.75. The summed E-state index contributed by atoms with van der Waals surface area (Å²) in [5.74, 6) is -1.35. The van der Waals surface area contributed by atoms with Gasteiger partial charge in [-0.1, -0.05) is 6.07 Å². The van der Waals surface area contributed by atoms with E-state index in [9.17, 15) is 9.18 Å². The average Bonchev–Trinajstić information content (AvgIpc) is 2.14. The number of amides is 1. The van der Waals surface area contributed by atoms with E-state index in [1.807, 2.05) is 0 Å². The fourth-order valence-electron chi connectivity index (χ4n) is 0.882. The molecule has 2 N–H and O–H groups in total. The zero-order valence-corrected chi connectivity index (χ0v) is 7.16. The number of hydrogen-bond donors (Lipinski definition) is 1. The number of rotatable bonds is 3. The maximum Gasteiger partial charge on any atom is 0.255 e. The summed E-state index contributed by atoms with van der Waals surface area (Å²) >= 11 is 0. The van der Waals surface area contributed by atoms with Crippen LogP contribution in [0.25, 0.3) is 0 Å². The van der Waals surface area contributed by atoms with Crippen molar-refractivity contribution in [3.63, 3.8) is 0 Å². The van der Waals surface area contributed by atoms with Crippen LogP contribution < -0.4 is 10.5 Å². The molecule has 4 nitrogen and oxygen atoms in total. The fraction of sp³-hybridized carbons (Fsp3) is 0.111. The molecule has 1 rings (SSSR count). The number of primary amides is 1. The number of nitriles is 1. The summed E-state index contributed by atoms with van der Waals surface area (Å²) in [6.07, 6.45) is 0. The Morgan fingerprint density at radius 1 is 1.64 bits per heavy atom. The zero-order chi connectivity index (χ0) is 10.6. The van der Waals surface area contributed by atoms with Crippen molar-refractivity contribution in [3.05, 3.63) is 29.6 Å². The van der Waals surface area contributed by atoms with Crippen LogP contribution in [0, 0.1) is 17.1 Å². The Morgan fingerprint density at radius 3 is 2.93 bits per heavy atom. The van der Waals surface area contributed by atoms with Gasteiger partial charge in [0.15, 0.2) is 6.61 Å². The third kappa shape index (κ3) is 2.20. The van der Waals surface area contributed by atoms with Gasteiger partial charge in [0.2, 0.25) is 0 Å². The summed E-state index contributed by atoms with van der Waals surface area (Å²) in [6.45, 7) is -0.377. The number of halogens is 1. The lowest BCUT2D eigenvalue weighted by Gasteiger charge is -2.05. The average molecular weight is 194 g/mol. The SMILES string of the molecule is N#Cc1c(F)cccc1OCC(N)=O. The Balaban J connectivity index is 2.92. The Hall–Kier alpha value is -2.09. The number of nitrogens with two attached hydrogens (primary N) is 1. The molecule has 0 radical (unpaired) electrons. The van der Waals surface area contributed by atoms with Crippen molar-refractivity contribution in [2.24, 2.45) is 5.73 Å². The molecule has 0 saturated carbocycles. The van der Waals surface area contributed by atoms with Crippen LogP contribution in [-0.2, 0) is 4.79 Å². The number of carbonyl (C=O) groups excluding carboxylic acids is 1. The van der Waals surface area contributed by atoms with Crippen LogP contribution in [0.4, 0.5) is 4.39 Å². The van der Waals surface area contributed by atoms with Gasteiger partial charge in [0.05, 0.1) is 0 Å². The second-order valence-electron chi connectivity index (χ2n) is 2.48. The zero-order valence-electron chi connectivity index (χ0n) is 7.16. The molecule has 0 aliphatic heterocycles. The van der Waals surface area contributed by atoms with Crippen LogP contribution in [0.5, 0.6) is 5.75 Å². The second kappa shape index (κ2) is 4.23. The predicted octanol–water partition coefficient (Wildman–Crippen LogP) is 0.561. The first-order chi connectivity index (χ1) is 6.65. The van der Waals surface area contributed by atoms with Gasteiger partial charge in [-0.25, -0.2) is 4.39 Å². The van der Waals surface area contributed by atoms with Crippen LogP contribution >= 0.6 is 0 Å². The molecule has 14 heavy (non-hydrogen) atoms. The molecule has 0 bridgehead atoms. The standard InChI is InChI=1S/C9H7FN2O2/c10-7-2-1-3-8(6(7)4-11)14-5-9(12)13/h1-3H,5H2,(H2,12,13). The topological polar surface area (TPSA) is 76.1 Å². The van der Waals surface area contributed by atoms with Gasteiger partial charge in [0.25, 0.3) is 5.91 Å². The molecule has 0 atom stereocenters. The first kappa shape index (κ1) is 9.99. The minimum Gasteiger partial charge on any atom is -0.482 e. The molecular weight excluding hydrogens is 187 g/mol. The fourth-order valence-corrected chi connectivity index (χ4v) is 0.882. The highest BCUT2D eigenvalue weighted by atomic mass is 19.1. The molecule has 0 spiro atoms. The van der Waals surface area contributed by atoms with Crippen LogP contribution in [0.2, 0.25) is 0 Å². The van der Waals surface area contributed by atoms with Gasteiger partial charge in [-0.05, 0) is 12.1 Å². The largest absolute Gasteiger partial charge is 0.482 e. The van der Waals surface area contributed by atoms with Crippen molar-refractivity contribution >= 4 is 5.91 Å². The van der Waals surface area contributed by atoms with E-state index in [0.29, 0.717) is 0 Å². The maximum absolute atomic E-state index is 13.0. The third-order valence-electron chi connectivity index (χ3n) is 1.46. The van der Waals surface area contributed by atoms with Crippen LogP contribution in [0.1, 0.15) is 5.56 Å². The van der Waals surface area contributed by atoms with Gasteiger partial charge in [0.1, 0.15) is 23.2 Å². The van der Waals surface area contributed by atoms with E-state index in [1.165, 1.54) is 12.1 Å². The highest BCUT2D eigenvalue weighted by Crippen LogP contribution is 2.19. The van der Waals surface area contributed by atoms with Crippen molar-refractivity contribution in [3.8, 4) is 11.8 Å². The third-order valence-corrected chi connectivity index (χ3v) is 1.46. The van der Waals surface area contributed by atoms with Crippen molar-refractivity contribution in [1.82, 2.24) is 0 Å². The molecule has 72 valence electrons. The maximum atomic E-state index is 13.0. The lowest BCUT2D eigenvalue weighted by Crippen LogP contribution is -2.20. The van der Waals surface area contributed by atoms with Crippen LogP contribution in [0.15, 0.2) is 18.2 Å². The van der Waals surface area contributed by atoms with Gasteiger partial charge in [-0.2, -0.15) is 5.26 Å². The van der Waals surface area contributed by atoms with Gasteiger partial charge in [0, 0.05) is 0 Å². The molecule has 1 aromatic rings. The van der Waals surface area contributed by atoms with Crippen LogP contribution in [0.3, 0.4) is 0 Å². The number of hydrogen-bond acceptors (Lipinski definition) is 3. The lowest BCUT2D eigenvalue weighted by molar-refractivity contribution is -0.119. The minimum atomic E-state index is -0.686. The molecular formula is C9H7FN2O2. The summed E-state index contributed by atoms with van der Waals surface area (Å²) in [6, 6.07) is 5.54. The number of ether oxygens (including phenoxy) is 1. The second-order valence-corrected chi connectivity index (χ2v) is 2.48. The Bertz CT molecular complexity index is 398. The molecule has 0 fully saturated rings. The van der Waals surface area contributed by atoms with Gasteiger partial charge >= 0.3 is 0 Å². The van der Waals surface area contributed by atoms with Crippen LogP contribution in [-0.4, -0.2) is 12.5 Å². The first-order valence-corrected chi connectivity index (χ1v) is 3.75. The number of nitrogens with zero attached hydrogens (tertiary/aromatic N) is 1. The summed E-state index contributed by atoms with van der Waals surface area (Å²) < 4.78 is 17.8. The Kier molecular flexibility index (Phi) is 3.02. The normalized spacial score (nSPS) is 9.14. The number of carbonyl (C=O) groups is 1. The minimum absolute atomic E-state index is 0.0197. The van der Waals surface area contributed by atoms with E-state index in [2.05, 4.69) is 0 Å². The van der Waals surface area contributed by atoms with Crippen molar-refractivity contribution in [2.45, 2.75) is 0 Å². The van der Waals surface area contributed by atoms with Gasteiger partial charge in [-0.15, -0.1) is 0 Å². The summed E-state index contributed by atoms with van der Waals surface area (Å²) in [5, 5.41) is 8.58. The highest BCUT2D eigenvalue weighted by Gasteiger charge is 2.09. The molecule has 5 heteroatoms. The summed E-state index contributed by atoms with van der Waals surface area (Å²) in [4.78, 5) is 10.4. The molecule has 1 aromatic carbocycles. The first-order valence-electron chi connectivity index (χ1n) is 3.75. The quantitative estimate of drug-likeness (QED) is 0.763. The summed E-state index contributed by atoms with van der Waals surface area (Å²) in [7, 11) is 0. The van der Waals surface area contributed by atoms with Crippen molar-refractivity contribution < 1.29 is 13.9 Å². The molecule has 0 aromatic heterocycles. The number of benzene rings is 1. The smallest absolute Gasteiger partial charge is 0.255 e. The van der Waals surface area contributed by atoms with E-state index in [1.54, 1.807) is 6.07 Å². The molecule has 0 heterocycles. The van der Waals surface area contributed by atoms with E-state index >= 15 is 0 Å². The Morgan fingerprint density at radius 2 is 2.36 bits per heavy atom. The van der Waals surface area contributed by atoms with E-state index in [-0.39, 0.29) is 17.9 Å². The molecule has 0 unspecified atom stereocenters. The molecule has 0 aliphatic rings. The molecule has 1 amide bonds. The van der Waals surface area contributed by atoms with Crippen molar-refractivity contribution in [2.75, 3.05) is 6.61 Å². The van der Waals surface area contributed by atoms with E-state index in [0.717, 1.165) is 6.07 Å². The Labute approximate surface area is 79.7 Å². The molecule has 0 aliphatic carbocycles. The monoisotopic (exact) mass is 194 g/mol. The predicted molar refractivity (Wildman–Crippen MR) is 45.8 cm³/mol. The van der Waals surface area contributed by atoms with E-state index < -0.39 is 11.7 Å². The summed E-state index contributed by atoms with van der Waals surface area (Å²) in [5.41, 5.74) is 4.60.